The molecule has 2 heterocycles. The fourth-order valence-corrected chi connectivity index (χ4v) is 2.00. The molecular formula is C13H10FN3. The third-order valence-corrected chi connectivity index (χ3v) is 2.78. The predicted molar refractivity (Wildman–Crippen MR) is 63.9 cm³/mol. The Morgan fingerprint density at radius 2 is 2.06 bits per heavy atom. The van der Waals surface area contributed by atoms with Gasteiger partial charge in [-0.1, -0.05) is 12.1 Å². The lowest BCUT2D eigenvalue weighted by molar-refractivity contribution is 0.628. The van der Waals surface area contributed by atoms with E-state index in [-0.39, 0.29) is 5.82 Å². The van der Waals surface area contributed by atoms with Crippen LogP contribution in [0, 0.1) is 5.82 Å². The Kier molecular flexibility index (Phi) is 2.14. The second kappa shape index (κ2) is 3.66. The lowest BCUT2D eigenvalue weighted by Crippen LogP contribution is -1.92. The number of aryl methyl sites for hydroxylation is 1. The monoisotopic (exact) mass is 227 g/mol. The van der Waals surface area contributed by atoms with Gasteiger partial charge in [0, 0.05) is 30.4 Å². The highest BCUT2D eigenvalue weighted by atomic mass is 19.1. The molecule has 0 saturated heterocycles. The van der Waals surface area contributed by atoms with Crippen molar-refractivity contribution in [1.82, 2.24) is 14.8 Å². The first-order valence-corrected chi connectivity index (χ1v) is 5.27. The van der Waals surface area contributed by atoms with E-state index in [9.17, 15) is 4.39 Å². The Morgan fingerprint density at radius 1 is 1.18 bits per heavy atom. The van der Waals surface area contributed by atoms with Gasteiger partial charge in [0.25, 0.3) is 0 Å². The van der Waals surface area contributed by atoms with E-state index >= 15 is 0 Å². The van der Waals surface area contributed by atoms with E-state index in [1.54, 1.807) is 29.3 Å². The van der Waals surface area contributed by atoms with Crippen LogP contribution in [-0.4, -0.2) is 14.8 Å². The predicted octanol–water partition coefficient (Wildman–Crippen LogP) is 2.77. The van der Waals surface area contributed by atoms with Crippen molar-refractivity contribution >= 4 is 10.9 Å². The molecule has 0 radical (unpaired) electrons. The zero-order valence-electron chi connectivity index (χ0n) is 9.26. The van der Waals surface area contributed by atoms with Gasteiger partial charge in [-0.15, -0.1) is 0 Å². The topological polar surface area (TPSA) is 30.7 Å². The highest BCUT2D eigenvalue weighted by molar-refractivity contribution is 5.92. The summed E-state index contributed by atoms with van der Waals surface area (Å²) in [7, 11) is 1.87. The average molecular weight is 227 g/mol. The van der Waals surface area contributed by atoms with Crippen molar-refractivity contribution in [2.75, 3.05) is 0 Å². The SMILES string of the molecule is Cn1ncc2cncc(-c3cccc(F)c3)c21. The van der Waals surface area contributed by atoms with Gasteiger partial charge < -0.3 is 0 Å². The van der Waals surface area contributed by atoms with Crippen LogP contribution in [0.5, 0.6) is 0 Å². The van der Waals surface area contributed by atoms with Gasteiger partial charge in [-0.05, 0) is 17.7 Å². The molecule has 0 atom stereocenters. The van der Waals surface area contributed by atoms with Gasteiger partial charge in [0.15, 0.2) is 0 Å². The first-order valence-electron chi connectivity index (χ1n) is 5.27. The minimum Gasteiger partial charge on any atom is -0.267 e. The Balaban J connectivity index is 2.33. The zero-order chi connectivity index (χ0) is 11.8. The van der Waals surface area contributed by atoms with E-state index < -0.39 is 0 Å². The maximum atomic E-state index is 13.2. The van der Waals surface area contributed by atoms with Crippen molar-refractivity contribution in [2.24, 2.45) is 7.05 Å². The van der Waals surface area contributed by atoms with E-state index in [1.807, 2.05) is 13.1 Å². The van der Waals surface area contributed by atoms with Crippen molar-refractivity contribution in [3.05, 3.63) is 48.7 Å². The first kappa shape index (κ1) is 9.96. The molecule has 0 bridgehead atoms. The Hall–Kier alpha value is -2.23. The third kappa shape index (κ3) is 1.58. The maximum Gasteiger partial charge on any atom is 0.123 e. The van der Waals surface area contributed by atoms with Crippen LogP contribution in [0.4, 0.5) is 4.39 Å². The van der Waals surface area contributed by atoms with E-state index in [0.29, 0.717) is 0 Å². The van der Waals surface area contributed by atoms with Gasteiger partial charge in [0.05, 0.1) is 11.7 Å². The van der Waals surface area contributed by atoms with Crippen LogP contribution in [0.2, 0.25) is 0 Å². The minimum atomic E-state index is -0.248. The van der Waals surface area contributed by atoms with E-state index in [4.69, 9.17) is 0 Å². The molecule has 3 aromatic rings. The van der Waals surface area contributed by atoms with Crippen LogP contribution >= 0.6 is 0 Å². The summed E-state index contributed by atoms with van der Waals surface area (Å²) >= 11 is 0. The van der Waals surface area contributed by atoms with E-state index in [0.717, 1.165) is 22.0 Å². The molecule has 17 heavy (non-hydrogen) atoms. The molecule has 0 fully saturated rings. The molecule has 0 saturated carbocycles. The standard InChI is InChI=1S/C13H10FN3/c1-17-13-10(7-16-17)6-15-8-12(13)9-3-2-4-11(14)5-9/h2-8H,1H3. The fraction of sp³-hybridized carbons (Fsp3) is 0.0769. The van der Waals surface area contributed by atoms with Gasteiger partial charge in [-0.25, -0.2) is 4.39 Å². The van der Waals surface area contributed by atoms with Crippen molar-refractivity contribution in [3.63, 3.8) is 0 Å². The summed E-state index contributed by atoms with van der Waals surface area (Å²) in [6, 6.07) is 6.50. The van der Waals surface area contributed by atoms with Gasteiger partial charge >= 0.3 is 0 Å². The molecular weight excluding hydrogens is 217 g/mol. The molecule has 3 rings (SSSR count). The summed E-state index contributed by atoms with van der Waals surface area (Å²) < 4.78 is 15.0. The summed E-state index contributed by atoms with van der Waals surface area (Å²) in [5, 5.41) is 5.14. The Bertz CT molecular complexity index is 688. The normalized spacial score (nSPS) is 10.9. The molecule has 4 heteroatoms. The smallest absolute Gasteiger partial charge is 0.123 e. The summed E-state index contributed by atoms with van der Waals surface area (Å²) in [6.07, 6.45) is 5.25. The molecule has 2 aromatic heterocycles. The number of aromatic nitrogens is 3. The molecule has 0 N–H and O–H groups in total. The van der Waals surface area contributed by atoms with Crippen LogP contribution in [0.3, 0.4) is 0 Å². The second-order valence-corrected chi connectivity index (χ2v) is 3.90. The molecule has 84 valence electrons. The van der Waals surface area contributed by atoms with E-state index in [2.05, 4.69) is 10.1 Å². The zero-order valence-corrected chi connectivity index (χ0v) is 9.26. The van der Waals surface area contributed by atoms with Crippen molar-refractivity contribution in [3.8, 4) is 11.1 Å². The van der Waals surface area contributed by atoms with E-state index in [1.165, 1.54) is 12.1 Å². The van der Waals surface area contributed by atoms with Crippen LogP contribution in [-0.2, 0) is 7.05 Å². The number of nitrogens with zero attached hydrogens (tertiary/aromatic N) is 3. The molecule has 0 aliphatic carbocycles. The minimum absolute atomic E-state index is 0.248. The number of hydrogen-bond acceptors (Lipinski definition) is 2. The number of fused-ring (bicyclic) bond motifs is 1. The van der Waals surface area contributed by atoms with Gasteiger partial charge in [-0.3, -0.25) is 9.67 Å². The molecule has 0 unspecified atom stereocenters. The number of rotatable bonds is 1. The molecule has 0 amide bonds. The third-order valence-electron chi connectivity index (χ3n) is 2.78. The summed E-state index contributed by atoms with van der Waals surface area (Å²) in [5.41, 5.74) is 2.67. The molecule has 3 nitrogen and oxygen atoms in total. The van der Waals surface area contributed by atoms with Crippen molar-refractivity contribution in [1.29, 1.82) is 0 Å². The van der Waals surface area contributed by atoms with Crippen LogP contribution in [0.15, 0.2) is 42.9 Å². The molecule has 1 aromatic carbocycles. The summed E-state index contributed by atoms with van der Waals surface area (Å²) in [5.74, 6) is -0.248. The highest BCUT2D eigenvalue weighted by Gasteiger charge is 2.08. The quantitative estimate of drug-likeness (QED) is 0.640. The fourth-order valence-electron chi connectivity index (χ4n) is 2.00. The highest BCUT2D eigenvalue weighted by Crippen LogP contribution is 2.27. The van der Waals surface area contributed by atoms with Gasteiger partial charge in [-0.2, -0.15) is 5.10 Å². The lowest BCUT2D eigenvalue weighted by atomic mass is 10.1. The second-order valence-electron chi connectivity index (χ2n) is 3.90. The first-order chi connectivity index (χ1) is 8.25. The van der Waals surface area contributed by atoms with Gasteiger partial charge in [0.2, 0.25) is 0 Å². The summed E-state index contributed by atoms with van der Waals surface area (Å²) in [4.78, 5) is 4.16. The lowest BCUT2D eigenvalue weighted by Gasteiger charge is -2.04. The Labute approximate surface area is 97.5 Å². The molecule has 0 aliphatic heterocycles. The maximum absolute atomic E-state index is 13.2. The molecule has 0 spiro atoms. The summed E-state index contributed by atoms with van der Waals surface area (Å²) in [6.45, 7) is 0. The number of halogens is 1. The van der Waals surface area contributed by atoms with Crippen molar-refractivity contribution in [2.45, 2.75) is 0 Å². The average Bonchev–Trinajstić information content (AvgIpc) is 2.71. The van der Waals surface area contributed by atoms with Crippen molar-refractivity contribution < 1.29 is 4.39 Å². The number of benzene rings is 1. The number of hydrogen-bond donors (Lipinski definition) is 0. The number of pyridine rings is 1. The van der Waals surface area contributed by atoms with Gasteiger partial charge in [0.1, 0.15) is 5.82 Å². The van der Waals surface area contributed by atoms with Crippen LogP contribution in [0.25, 0.3) is 22.0 Å². The molecule has 0 aliphatic rings. The van der Waals surface area contributed by atoms with Crippen LogP contribution < -0.4 is 0 Å². The largest absolute Gasteiger partial charge is 0.267 e. The Morgan fingerprint density at radius 3 is 2.88 bits per heavy atom. The van der Waals surface area contributed by atoms with Crippen LogP contribution in [0.1, 0.15) is 0 Å².